The van der Waals surface area contributed by atoms with Gasteiger partial charge in [-0.05, 0) is 11.6 Å². The van der Waals surface area contributed by atoms with Crippen LogP contribution in [0, 0.1) is 0 Å². The highest BCUT2D eigenvalue weighted by Gasteiger charge is 2.29. The standard InChI is InChI=1S/C14H18N2O4/c1-20-7-6-11(14(18)19)16-13(17)12-8-9-4-2-3-5-10(9)15-12/h2-5,11-12,15H,6-8H2,1H3,(H,16,17)(H,18,19). The zero-order chi connectivity index (χ0) is 14.5. The second kappa shape index (κ2) is 6.38. The zero-order valence-corrected chi connectivity index (χ0v) is 11.3. The molecule has 2 unspecified atom stereocenters. The number of carboxylic acids is 1. The lowest BCUT2D eigenvalue weighted by Crippen LogP contribution is -2.47. The third kappa shape index (κ3) is 3.27. The SMILES string of the molecule is COCCC(NC(=O)C1Cc2ccccc2N1)C(=O)O. The smallest absolute Gasteiger partial charge is 0.326 e. The van der Waals surface area contributed by atoms with Gasteiger partial charge in [0.25, 0.3) is 0 Å². The molecule has 0 spiro atoms. The molecule has 1 aromatic rings. The van der Waals surface area contributed by atoms with Crippen LogP contribution < -0.4 is 10.6 Å². The van der Waals surface area contributed by atoms with Crippen LogP contribution in [0.2, 0.25) is 0 Å². The number of ether oxygens (including phenoxy) is 1. The van der Waals surface area contributed by atoms with Gasteiger partial charge in [-0.2, -0.15) is 0 Å². The van der Waals surface area contributed by atoms with E-state index in [0.717, 1.165) is 11.3 Å². The summed E-state index contributed by atoms with van der Waals surface area (Å²) in [6.45, 7) is 0.287. The van der Waals surface area contributed by atoms with E-state index in [1.807, 2.05) is 24.3 Å². The van der Waals surface area contributed by atoms with Crippen molar-refractivity contribution in [2.75, 3.05) is 19.0 Å². The molecule has 3 N–H and O–H groups in total. The first-order chi connectivity index (χ1) is 9.61. The molecule has 0 aliphatic carbocycles. The molecule has 1 aliphatic heterocycles. The maximum atomic E-state index is 12.1. The molecule has 20 heavy (non-hydrogen) atoms. The highest BCUT2D eigenvalue weighted by molar-refractivity contribution is 5.90. The number of aliphatic carboxylic acids is 1. The Morgan fingerprint density at radius 2 is 2.25 bits per heavy atom. The number of anilines is 1. The van der Waals surface area contributed by atoms with Gasteiger partial charge in [0.05, 0.1) is 0 Å². The lowest BCUT2D eigenvalue weighted by atomic mass is 10.1. The minimum absolute atomic E-state index is 0.247. The van der Waals surface area contributed by atoms with Crippen molar-refractivity contribution in [3.63, 3.8) is 0 Å². The summed E-state index contributed by atoms with van der Waals surface area (Å²) in [5, 5.41) is 14.7. The van der Waals surface area contributed by atoms with Gasteiger partial charge in [0, 0.05) is 32.2 Å². The Bertz CT molecular complexity index is 479. The van der Waals surface area contributed by atoms with Crippen molar-refractivity contribution >= 4 is 17.6 Å². The second-order valence-corrected chi connectivity index (χ2v) is 4.74. The first-order valence-electron chi connectivity index (χ1n) is 6.48. The maximum absolute atomic E-state index is 12.1. The molecule has 6 nitrogen and oxygen atoms in total. The van der Waals surface area contributed by atoms with Crippen molar-refractivity contribution in [2.45, 2.75) is 24.9 Å². The summed E-state index contributed by atoms with van der Waals surface area (Å²) in [4.78, 5) is 23.2. The summed E-state index contributed by atoms with van der Waals surface area (Å²) in [5.41, 5.74) is 1.99. The van der Waals surface area contributed by atoms with Crippen LogP contribution in [0.5, 0.6) is 0 Å². The van der Waals surface area contributed by atoms with E-state index in [2.05, 4.69) is 10.6 Å². The number of methoxy groups -OCH3 is 1. The molecule has 1 aromatic carbocycles. The van der Waals surface area contributed by atoms with Crippen LogP contribution in [0.25, 0.3) is 0 Å². The predicted molar refractivity (Wildman–Crippen MR) is 73.6 cm³/mol. The monoisotopic (exact) mass is 278 g/mol. The summed E-state index contributed by atoms with van der Waals surface area (Å²) < 4.78 is 4.85. The number of carbonyl (C=O) groups is 2. The van der Waals surface area contributed by atoms with E-state index in [1.54, 1.807) is 0 Å². The van der Waals surface area contributed by atoms with E-state index in [4.69, 9.17) is 9.84 Å². The van der Waals surface area contributed by atoms with E-state index < -0.39 is 18.1 Å². The Labute approximate surface area is 117 Å². The van der Waals surface area contributed by atoms with Crippen molar-refractivity contribution < 1.29 is 19.4 Å². The third-order valence-corrected chi connectivity index (χ3v) is 3.31. The van der Waals surface area contributed by atoms with Crippen molar-refractivity contribution in [3.8, 4) is 0 Å². The molecular weight excluding hydrogens is 260 g/mol. The average Bonchev–Trinajstić information content (AvgIpc) is 2.86. The van der Waals surface area contributed by atoms with Gasteiger partial charge < -0.3 is 20.5 Å². The first kappa shape index (κ1) is 14.3. The molecule has 1 heterocycles. The first-order valence-corrected chi connectivity index (χ1v) is 6.48. The number of fused-ring (bicyclic) bond motifs is 1. The van der Waals surface area contributed by atoms with E-state index in [9.17, 15) is 9.59 Å². The van der Waals surface area contributed by atoms with Gasteiger partial charge in [0.2, 0.25) is 5.91 Å². The number of amides is 1. The number of hydrogen-bond donors (Lipinski definition) is 3. The number of hydrogen-bond acceptors (Lipinski definition) is 4. The van der Waals surface area contributed by atoms with Crippen molar-refractivity contribution in [3.05, 3.63) is 29.8 Å². The molecule has 1 amide bonds. The van der Waals surface area contributed by atoms with Crippen LogP contribution in [-0.4, -0.2) is 42.8 Å². The van der Waals surface area contributed by atoms with Crippen molar-refractivity contribution in [1.82, 2.24) is 5.32 Å². The molecular formula is C14H18N2O4. The number of benzene rings is 1. The Hall–Kier alpha value is -2.08. The average molecular weight is 278 g/mol. The maximum Gasteiger partial charge on any atom is 0.326 e. The lowest BCUT2D eigenvalue weighted by Gasteiger charge is -2.17. The summed E-state index contributed by atoms with van der Waals surface area (Å²) in [6.07, 6.45) is 0.815. The molecule has 0 bridgehead atoms. The summed E-state index contributed by atoms with van der Waals surface area (Å²) >= 11 is 0. The molecule has 0 saturated heterocycles. The van der Waals surface area contributed by atoms with Crippen LogP contribution in [0.1, 0.15) is 12.0 Å². The fraction of sp³-hybridized carbons (Fsp3) is 0.429. The molecule has 1 aliphatic rings. The largest absolute Gasteiger partial charge is 0.480 e. The zero-order valence-electron chi connectivity index (χ0n) is 11.3. The van der Waals surface area contributed by atoms with Gasteiger partial charge in [-0.25, -0.2) is 4.79 Å². The summed E-state index contributed by atoms with van der Waals surface area (Å²) in [7, 11) is 1.50. The highest BCUT2D eigenvalue weighted by Crippen LogP contribution is 2.25. The Morgan fingerprint density at radius 1 is 1.50 bits per heavy atom. The van der Waals surface area contributed by atoms with Gasteiger partial charge >= 0.3 is 5.97 Å². The van der Waals surface area contributed by atoms with Gasteiger partial charge in [0.1, 0.15) is 12.1 Å². The van der Waals surface area contributed by atoms with Crippen molar-refractivity contribution in [2.24, 2.45) is 0 Å². The minimum atomic E-state index is -1.05. The van der Waals surface area contributed by atoms with Crippen LogP contribution in [0.4, 0.5) is 5.69 Å². The van der Waals surface area contributed by atoms with E-state index in [-0.39, 0.29) is 18.9 Å². The van der Waals surface area contributed by atoms with Gasteiger partial charge in [-0.3, -0.25) is 4.79 Å². The summed E-state index contributed by atoms with van der Waals surface area (Å²) in [6, 6.07) is 6.33. The number of carboxylic acid groups (broad SMARTS) is 1. The van der Waals surface area contributed by atoms with E-state index in [0.29, 0.717) is 6.42 Å². The minimum Gasteiger partial charge on any atom is -0.480 e. The van der Waals surface area contributed by atoms with Crippen LogP contribution in [0.3, 0.4) is 0 Å². The second-order valence-electron chi connectivity index (χ2n) is 4.74. The molecule has 0 saturated carbocycles. The molecule has 6 heteroatoms. The van der Waals surface area contributed by atoms with Crippen molar-refractivity contribution in [1.29, 1.82) is 0 Å². The molecule has 0 fully saturated rings. The Morgan fingerprint density at radius 3 is 2.90 bits per heavy atom. The van der Waals surface area contributed by atoms with Gasteiger partial charge in [-0.15, -0.1) is 0 Å². The molecule has 2 atom stereocenters. The van der Waals surface area contributed by atoms with Crippen LogP contribution in [-0.2, 0) is 20.7 Å². The Kier molecular flexibility index (Phi) is 4.57. The molecule has 0 aromatic heterocycles. The number of nitrogens with one attached hydrogen (secondary N) is 2. The fourth-order valence-electron chi connectivity index (χ4n) is 2.22. The lowest BCUT2D eigenvalue weighted by molar-refractivity contribution is -0.142. The molecule has 0 radical (unpaired) electrons. The normalized spacial score (nSPS) is 17.9. The summed E-state index contributed by atoms with van der Waals surface area (Å²) in [5.74, 6) is -1.35. The fourth-order valence-corrected chi connectivity index (χ4v) is 2.22. The quantitative estimate of drug-likeness (QED) is 0.710. The van der Waals surface area contributed by atoms with E-state index >= 15 is 0 Å². The third-order valence-electron chi connectivity index (χ3n) is 3.31. The van der Waals surface area contributed by atoms with Crippen LogP contribution in [0.15, 0.2) is 24.3 Å². The van der Waals surface area contributed by atoms with Crippen LogP contribution >= 0.6 is 0 Å². The van der Waals surface area contributed by atoms with Gasteiger partial charge in [-0.1, -0.05) is 18.2 Å². The van der Waals surface area contributed by atoms with E-state index in [1.165, 1.54) is 7.11 Å². The Balaban J connectivity index is 1.94. The molecule has 2 rings (SSSR count). The topological polar surface area (TPSA) is 87.7 Å². The number of carbonyl (C=O) groups excluding carboxylic acids is 1. The highest BCUT2D eigenvalue weighted by atomic mass is 16.5. The predicted octanol–water partition coefficient (Wildman–Crippen LogP) is 0.629. The van der Waals surface area contributed by atoms with Gasteiger partial charge in [0.15, 0.2) is 0 Å². The number of rotatable bonds is 6. The molecule has 108 valence electrons. The number of para-hydroxylation sites is 1.